The number of likely N-dealkylation sites (tertiary alicyclic amines) is 1. The normalized spacial score (nSPS) is 18.0. The molecule has 192 valence electrons. The monoisotopic (exact) mass is 487 g/mol. The molecule has 2 aliphatic rings. The molecule has 1 aromatic heterocycles. The van der Waals surface area contributed by atoms with Crippen molar-refractivity contribution in [1.29, 1.82) is 0 Å². The maximum atomic E-state index is 12.7. The molecule has 0 radical (unpaired) electrons. The summed E-state index contributed by atoms with van der Waals surface area (Å²) in [5.41, 5.74) is 2.00. The number of nitrogens with one attached hydrogen (secondary N) is 2. The van der Waals surface area contributed by atoms with Crippen LogP contribution in [-0.2, 0) is 16.0 Å². The Kier molecular flexibility index (Phi) is 11.4. The van der Waals surface area contributed by atoms with Crippen LogP contribution in [-0.4, -0.2) is 76.0 Å². The molecule has 35 heavy (non-hydrogen) atoms. The molecule has 10 heteroatoms. The minimum Gasteiger partial charge on any atom is -0.481 e. The number of hydrogen-bond acceptors (Lipinski definition) is 6. The molecular formula is C25H37N5O5. The summed E-state index contributed by atoms with van der Waals surface area (Å²) in [4.78, 5) is 33.0. The molecule has 0 bridgehead atoms. The van der Waals surface area contributed by atoms with Crippen molar-refractivity contribution in [2.75, 3.05) is 38.5 Å². The Morgan fingerprint density at radius 1 is 1.03 bits per heavy atom. The number of aromatic nitrogens is 2. The van der Waals surface area contributed by atoms with Gasteiger partial charge in [-0.1, -0.05) is 12.1 Å². The Labute approximate surface area is 206 Å². The number of aliphatic carboxylic acids is 2. The lowest BCUT2D eigenvalue weighted by atomic mass is 9.98. The second-order valence-electron chi connectivity index (χ2n) is 8.95. The molecule has 1 aromatic carbocycles. The van der Waals surface area contributed by atoms with Crippen molar-refractivity contribution in [3.8, 4) is 0 Å². The summed E-state index contributed by atoms with van der Waals surface area (Å²) in [6.45, 7) is 6.52. The van der Waals surface area contributed by atoms with E-state index in [-0.39, 0.29) is 5.91 Å². The number of nitrogens with zero attached hydrogens (tertiary/aromatic N) is 3. The third kappa shape index (κ3) is 10.3. The lowest BCUT2D eigenvalue weighted by Crippen LogP contribution is -2.32. The van der Waals surface area contributed by atoms with Crippen LogP contribution in [0, 0.1) is 5.92 Å². The number of carbonyl (C=O) groups is 3. The number of carboxylic acids is 2. The summed E-state index contributed by atoms with van der Waals surface area (Å²) in [5, 5.41) is 25.7. The van der Waals surface area contributed by atoms with Gasteiger partial charge in [0.1, 0.15) is 5.82 Å². The lowest BCUT2D eigenvalue weighted by molar-refractivity contribution is -0.135. The fraction of sp³-hybridized carbons (Fsp3) is 0.520. The van der Waals surface area contributed by atoms with Gasteiger partial charge in [0.25, 0.3) is 17.8 Å². The zero-order valence-electron chi connectivity index (χ0n) is 20.7. The minimum atomic E-state index is -0.833. The highest BCUT2D eigenvalue weighted by Crippen LogP contribution is 2.25. The Hall–Kier alpha value is -3.24. The van der Waals surface area contributed by atoms with Crippen molar-refractivity contribution in [3.63, 3.8) is 0 Å². The first-order valence-electron chi connectivity index (χ1n) is 11.9. The first kappa shape index (κ1) is 28.0. The average molecular weight is 488 g/mol. The summed E-state index contributed by atoms with van der Waals surface area (Å²) >= 11 is 0. The largest absolute Gasteiger partial charge is 0.481 e. The quantitative estimate of drug-likeness (QED) is 0.505. The van der Waals surface area contributed by atoms with E-state index in [9.17, 15) is 4.79 Å². The second kappa shape index (κ2) is 14.2. The zero-order chi connectivity index (χ0) is 25.8. The highest BCUT2D eigenvalue weighted by molar-refractivity contribution is 6.03. The van der Waals surface area contributed by atoms with E-state index in [0.29, 0.717) is 17.5 Å². The van der Waals surface area contributed by atoms with E-state index in [4.69, 9.17) is 19.8 Å². The number of rotatable bonds is 5. The summed E-state index contributed by atoms with van der Waals surface area (Å²) in [6.07, 6.45) is 6.21. The SMILES string of the molecule is CC(=O)O.CC(=O)O.CN1CCC(n2nccc2NC(=O)c2ccc(CC3CCNC3)cc2)CC1. The Morgan fingerprint density at radius 2 is 1.63 bits per heavy atom. The Bertz CT molecular complexity index is 925. The van der Waals surface area contributed by atoms with Gasteiger partial charge in [0, 0.05) is 25.5 Å². The average Bonchev–Trinajstić information content (AvgIpc) is 3.46. The third-order valence-electron chi connectivity index (χ3n) is 5.85. The van der Waals surface area contributed by atoms with Crippen molar-refractivity contribution in [2.45, 2.75) is 45.6 Å². The van der Waals surface area contributed by atoms with E-state index in [2.05, 4.69) is 39.8 Å². The topological polar surface area (TPSA) is 137 Å². The van der Waals surface area contributed by atoms with Crippen LogP contribution < -0.4 is 10.6 Å². The Morgan fingerprint density at radius 3 is 2.17 bits per heavy atom. The summed E-state index contributed by atoms with van der Waals surface area (Å²) in [5.74, 6) is -0.233. The van der Waals surface area contributed by atoms with Crippen molar-refractivity contribution in [2.24, 2.45) is 5.92 Å². The molecule has 2 fully saturated rings. The molecule has 4 rings (SSSR count). The fourth-order valence-electron chi connectivity index (χ4n) is 4.15. The van der Waals surface area contributed by atoms with Gasteiger partial charge in [-0.05, 0) is 82.5 Å². The minimum absolute atomic E-state index is 0.0706. The van der Waals surface area contributed by atoms with Gasteiger partial charge in [-0.3, -0.25) is 14.4 Å². The van der Waals surface area contributed by atoms with Gasteiger partial charge in [-0.15, -0.1) is 0 Å². The van der Waals surface area contributed by atoms with Gasteiger partial charge < -0.3 is 25.7 Å². The summed E-state index contributed by atoms with van der Waals surface area (Å²) < 4.78 is 1.98. The number of benzene rings is 1. The number of carbonyl (C=O) groups excluding carboxylic acids is 1. The van der Waals surface area contributed by atoms with Crippen LogP contribution >= 0.6 is 0 Å². The highest BCUT2D eigenvalue weighted by Gasteiger charge is 2.21. The number of hydrogen-bond donors (Lipinski definition) is 4. The second-order valence-corrected chi connectivity index (χ2v) is 8.95. The third-order valence-corrected chi connectivity index (χ3v) is 5.85. The molecule has 2 saturated heterocycles. The number of amides is 1. The first-order chi connectivity index (χ1) is 16.7. The van der Waals surface area contributed by atoms with E-state index in [1.54, 1.807) is 6.20 Å². The molecule has 0 aliphatic carbocycles. The van der Waals surface area contributed by atoms with E-state index >= 15 is 0 Å². The molecule has 0 saturated carbocycles. The lowest BCUT2D eigenvalue weighted by Gasteiger charge is -2.30. The predicted molar refractivity (Wildman–Crippen MR) is 134 cm³/mol. The van der Waals surface area contributed by atoms with Crippen LogP contribution in [0.15, 0.2) is 36.5 Å². The molecular weight excluding hydrogens is 450 g/mol. The fourth-order valence-corrected chi connectivity index (χ4v) is 4.15. The molecule has 1 amide bonds. The highest BCUT2D eigenvalue weighted by atomic mass is 16.4. The Balaban J connectivity index is 0.000000473. The van der Waals surface area contributed by atoms with Crippen LogP contribution in [0.1, 0.15) is 55.1 Å². The van der Waals surface area contributed by atoms with Crippen molar-refractivity contribution >= 4 is 23.7 Å². The van der Waals surface area contributed by atoms with Gasteiger partial charge in [0.15, 0.2) is 0 Å². The van der Waals surface area contributed by atoms with E-state index < -0.39 is 11.9 Å². The van der Waals surface area contributed by atoms with E-state index in [1.165, 1.54) is 12.0 Å². The smallest absolute Gasteiger partial charge is 0.300 e. The standard InChI is InChI=1S/C21H29N5O.2C2H4O2/c1-25-12-8-19(9-13-25)26-20(7-11-23-26)24-21(27)18-4-2-16(3-5-18)14-17-6-10-22-15-17;2*1-2(3)4/h2-5,7,11,17,19,22H,6,8-10,12-15H2,1H3,(H,24,27);2*1H3,(H,3,4). The number of anilines is 1. The van der Waals surface area contributed by atoms with Crippen molar-refractivity contribution < 1.29 is 24.6 Å². The zero-order valence-corrected chi connectivity index (χ0v) is 20.7. The molecule has 0 spiro atoms. The van der Waals surface area contributed by atoms with Crippen molar-refractivity contribution in [3.05, 3.63) is 47.7 Å². The summed E-state index contributed by atoms with van der Waals surface area (Å²) in [7, 11) is 2.15. The van der Waals surface area contributed by atoms with Crippen LogP contribution in [0.5, 0.6) is 0 Å². The molecule has 2 aromatic rings. The first-order valence-corrected chi connectivity index (χ1v) is 11.9. The molecule has 2 aliphatic heterocycles. The van der Waals surface area contributed by atoms with Gasteiger partial charge in [-0.25, -0.2) is 4.68 Å². The van der Waals surface area contributed by atoms with Crippen LogP contribution in [0.2, 0.25) is 0 Å². The summed E-state index contributed by atoms with van der Waals surface area (Å²) in [6, 6.07) is 10.3. The predicted octanol–water partition coefficient (Wildman–Crippen LogP) is 2.74. The van der Waals surface area contributed by atoms with E-state index in [0.717, 1.165) is 65.1 Å². The molecule has 1 atom stereocenters. The maximum Gasteiger partial charge on any atom is 0.300 e. The molecule has 10 nitrogen and oxygen atoms in total. The van der Waals surface area contributed by atoms with E-state index in [1.807, 2.05) is 22.9 Å². The van der Waals surface area contributed by atoms with Gasteiger partial charge in [0.05, 0.1) is 12.2 Å². The molecule has 4 N–H and O–H groups in total. The van der Waals surface area contributed by atoms with Crippen molar-refractivity contribution in [1.82, 2.24) is 20.0 Å². The molecule has 1 unspecified atom stereocenters. The van der Waals surface area contributed by atoms with Gasteiger partial charge in [0.2, 0.25) is 0 Å². The van der Waals surface area contributed by atoms with Gasteiger partial charge in [-0.2, -0.15) is 5.10 Å². The van der Waals surface area contributed by atoms with Crippen LogP contribution in [0.4, 0.5) is 5.82 Å². The number of carboxylic acid groups (broad SMARTS) is 2. The van der Waals surface area contributed by atoms with Crippen LogP contribution in [0.3, 0.4) is 0 Å². The van der Waals surface area contributed by atoms with Crippen LogP contribution in [0.25, 0.3) is 0 Å². The number of piperidine rings is 1. The van der Waals surface area contributed by atoms with Gasteiger partial charge >= 0.3 is 0 Å². The maximum absolute atomic E-state index is 12.7. The molecule has 3 heterocycles.